The Kier molecular flexibility index (Phi) is 5.95. The van der Waals surface area contributed by atoms with Crippen molar-refractivity contribution < 1.29 is 9.18 Å². The Morgan fingerprint density at radius 1 is 1.33 bits per heavy atom. The van der Waals surface area contributed by atoms with Gasteiger partial charge in [0.25, 0.3) is 5.91 Å². The molecular weight excluding hydrogens is 365 g/mol. The molecule has 1 aromatic carbocycles. The lowest BCUT2D eigenvalue weighted by molar-refractivity contribution is 0.0951. The number of hydrogen-bond acceptors (Lipinski definition) is 4. The van der Waals surface area contributed by atoms with Crippen molar-refractivity contribution in [1.29, 1.82) is 0 Å². The number of rotatable bonds is 7. The van der Waals surface area contributed by atoms with E-state index in [2.05, 4.69) is 20.6 Å². The number of carbonyl (C=O) groups is 1. The van der Waals surface area contributed by atoms with Crippen LogP contribution in [-0.4, -0.2) is 38.2 Å². The van der Waals surface area contributed by atoms with Crippen molar-refractivity contribution in [3.8, 4) is 11.3 Å². The van der Waals surface area contributed by atoms with Crippen LogP contribution in [-0.2, 0) is 12.8 Å². The quantitative estimate of drug-likeness (QED) is 0.611. The first-order valence-electron chi connectivity index (χ1n) is 8.62. The monoisotopic (exact) mass is 387 g/mol. The maximum atomic E-state index is 13.5. The number of aromatic amines is 1. The van der Waals surface area contributed by atoms with Crippen LogP contribution in [0.15, 0.2) is 30.3 Å². The van der Waals surface area contributed by atoms with Crippen LogP contribution < -0.4 is 5.32 Å². The summed E-state index contributed by atoms with van der Waals surface area (Å²) >= 11 is 1.57. The highest BCUT2D eigenvalue weighted by molar-refractivity contribution is 7.98. The molecule has 0 radical (unpaired) electrons. The number of hydrogen-bond donors (Lipinski definition) is 2. The lowest BCUT2D eigenvalue weighted by atomic mass is 10.1. The van der Waals surface area contributed by atoms with E-state index in [9.17, 15) is 9.18 Å². The molecule has 3 aromatic rings. The maximum Gasteiger partial charge on any atom is 0.269 e. The van der Waals surface area contributed by atoms with Gasteiger partial charge in [-0.25, -0.2) is 4.39 Å². The summed E-state index contributed by atoms with van der Waals surface area (Å²) in [7, 11) is 1.88. The average molecular weight is 387 g/mol. The van der Waals surface area contributed by atoms with Crippen LogP contribution in [0.3, 0.4) is 0 Å². The molecular formula is C19H22FN5OS. The largest absolute Gasteiger partial charge is 0.350 e. The van der Waals surface area contributed by atoms with Gasteiger partial charge >= 0.3 is 0 Å². The van der Waals surface area contributed by atoms with Crippen LogP contribution in [0, 0.1) is 19.7 Å². The van der Waals surface area contributed by atoms with E-state index < -0.39 is 0 Å². The third-order valence-electron chi connectivity index (χ3n) is 4.34. The van der Waals surface area contributed by atoms with Crippen LogP contribution in [0.2, 0.25) is 0 Å². The van der Waals surface area contributed by atoms with Gasteiger partial charge in [0, 0.05) is 36.4 Å². The lowest BCUT2D eigenvalue weighted by Gasteiger charge is -2.04. The van der Waals surface area contributed by atoms with E-state index in [1.165, 1.54) is 6.07 Å². The number of nitrogens with one attached hydrogen (secondary N) is 2. The number of nitrogens with zero attached hydrogens (tertiary/aromatic N) is 3. The van der Waals surface area contributed by atoms with Gasteiger partial charge in [-0.15, -0.1) is 0 Å². The number of carbonyl (C=O) groups excluding carboxylic acids is 1. The number of aromatic nitrogens is 4. The van der Waals surface area contributed by atoms with E-state index in [1.807, 2.05) is 27.0 Å². The number of thioether (sulfide) groups is 1. The second-order valence-electron chi connectivity index (χ2n) is 6.24. The van der Waals surface area contributed by atoms with E-state index in [4.69, 9.17) is 0 Å². The minimum atomic E-state index is -0.209. The standard InChI is InChI=1S/C19H22FN5OS/c1-12-18(13(2)25(3)24-12)16-10-17(23-22-16)19(26)21-8-9-27-11-14-6-4-5-7-15(14)20/h4-7,10H,8-9,11H2,1-3H3,(H,21,26)(H,22,23). The zero-order valence-corrected chi connectivity index (χ0v) is 16.4. The highest BCUT2D eigenvalue weighted by Crippen LogP contribution is 2.25. The van der Waals surface area contributed by atoms with Crippen molar-refractivity contribution in [2.24, 2.45) is 7.05 Å². The highest BCUT2D eigenvalue weighted by atomic mass is 32.2. The molecule has 0 aliphatic heterocycles. The summed E-state index contributed by atoms with van der Waals surface area (Å²) in [5.74, 6) is 0.873. The zero-order valence-electron chi connectivity index (χ0n) is 15.5. The number of aryl methyl sites for hydroxylation is 2. The van der Waals surface area contributed by atoms with E-state index in [0.29, 0.717) is 35.0 Å². The average Bonchev–Trinajstić information content (AvgIpc) is 3.21. The van der Waals surface area contributed by atoms with Crippen molar-refractivity contribution in [1.82, 2.24) is 25.3 Å². The first-order chi connectivity index (χ1) is 13.0. The zero-order chi connectivity index (χ0) is 19.4. The Bertz CT molecular complexity index is 949. The second kappa shape index (κ2) is 8.39. The molecule has 0 unspecified atom stereocenters. The van der Waals surface area contributed by atoms with Crippen molar-refractivity contribution in [3.63, 3.8) is 0 Å². The highest BCUT2D eigenvalue weighted by Gasteiger charge is 2.17. The minimum absolute atomic E-state index is 0.194. The van der Waals surface area contributed by atoms with Crippen LogP contribution in [0.5, 0.6) is 0 Å². The molecule has 1 amide bonds. The molecule has 6 nitrogen and oxygen atoms in total. The normalized spacial score (nSPS) is 11.0. The van der Waals surface area contributed by atoms with E-state index in [0.717, 1.165) is 17.0 Å². The van der Waals surface area contributed by atoms with Gasteiger partial charge in [-0.2, -0.15) is 22.0 Å². The summed E-state index contributed by atoms with van der Waals surface area (Å²) in [5, 5.41) is 14.3. The molecule has 2 heterocycles. The molecule has 0 fully saturated rings. The van der Waals surface area contributed by atoms with E-state index >= 15 is 0 Å². The molecule has 0 aliphatic carbocycles. The van der Waals surface area contributed by atoms with Gasteiger partial charge in [0.15, 0.2) is 0 Å². The van der Waals surface area contributed by atoms with Gasteiger partial charge in [0.1, 0.15) is 11.5 Å². The van der Waals surface area contributed by atoms with Gasteiger partial charge in [-0.05, 0) is 31.5 Å². The summed E-state index contributed by atoms with van der Waals surface area (Å²) < 4.78 is 15.3. The Balaban J connectivity index is 1.51. The number of H-pyrrole nitrogens is 1. The van der Waals surface area contributed by atoms with Crippen LogP contribution >= 0.6 is 11.8 Å². The molecule has 27 heavy (non-hydrogen) atoms. The molecule has 0 spiro atoms. The minimum Gasteiger partial charge on any atom is -0.350 e. The maximum absolute atomic E-state index is 13.5. The Morgan fingerprint density at radius 3 is 2.81 bits per heavy atom. The van der Waals surface area contributed by atoms with Gasteiger partial charge < -0.3 is 5.32 Å². The third-order valence-corrected chi connectivity index (χ3v) is 5.34. The molecule has 8 heteroatoms. The van der Waals surface area contributed by atoms with Gasteiger partial charge in [0.2, 0.25) is 0 Å². The molecule has 3 rings (SSSR count). The smallest absolute Gasteiger partial charge is 0.269 e. The Labute approximate surface area is 161 Å². The molecule has 0 atom stereocenters. The molecule has 0 aliphatic rings. The summed E-state index contributed by atoms with van der Waals surface area (Å²) in [6.07, 6.45) is 0. The summed E-state index contributed by atoms with van der Waals surface area (Å²) in [6, 6.07) is 8.46. The molecule has 142 valence electrons. The lowest BCUT2D eigenvalue weighted by Crippen LogP contribution is -2.26. The van der Waals surface area contributed by atoms with Gasteiger partial charge in [-0.3, -0.25) is 14.6 Å². The van der Waals surface area contributed by atoms with Crippen LogP contribution in [0.4, 0.5) is 4.39 Å². The number of amides is 1. The van der Waals surface area contributed by atoms with Crippen LogP contribution in [0.25, 0.3) is 11.3 Å². The predicted octanol–water partition coefficient (Wildman–Crippen LogP) is 3.23. The topological polar surface area (TPSA) is 75.6 Å². The summed E-state index contributed by atoms with van der Waals surface area (Å²) in [4.78, 5) is 12.3. The van der Waals surface area contributed by atoms with Gasteiger partial charge in [-0.1, -0.05) is 18.2 Å². The fourth-order valence-corrected chi connectivity index (χ4v) is 3.68. The number of benzene rings is 1. The number of halogens is 1. The van der Waals surface area contributed by atoms with Crippen molar-refractivity contribution in [3.05, 3.63) is 58.8 Å². The molecule has 0 saturated carbocycles. The molecule has 2 aromatic heterocycles. The van der Waals surface area contributed by atoms with Crippen LogP contribution in [0.1, 0.15) is 27.4 Å². The SMILES string of the molecule is Cc1nn(C)c(C)c1-c1cc(C(=O)NCCSCc2ccccc2F)[nH]n1. The molecule has 2 N–H and O–H groups in total. The van der Waals surface area contributed by atoms with E-state index in [1.54, 1.807) is 34.6 Å². The summed E-state index contributed by atoms with van der Waals surface area (Å²) in [6.45, 7) is 4.39. The van der Waals surface area contributed by atoms with Crippen molar-refractivity contribution in [2.75, 3.05) is 12.3 Å². The fraction of sp³-hybridized carbons (Fsp3) is 0.316. The fourth-order valence-electron chi connectivity index (χ4n) is 2.84. The van der Waals surface area contributed by atoms with Crippen molar-refractivity contribution in [2.45, 2.75) is 19.6 Å². The van der Waals surface area contributed by atoms with E-state index in [-0.39, 0.29) is 11.7 Å². The second-order valence-corrected chi connectivity index (χ2v) is 7.34. The molecule has 0 saturated heterocycles. The first-order valence-corrected chi connectivity index (χ1v) is 9.78. The van der Waals surface area contributed by atoms with Crippen molar-refractivity contribution >= 4 is 17.7 Å². The third kappa shape index (κ3) is 4.39. The Hall–Kier alpha value is -2.61. The Morgan fingerprint density at radius 2 is 2.11 bits per heavy atom. The first kappa shape index (κ1) is 19.2. The molecule has 0 bridgehead atoms. The predicted molar refractivity (Wildman–Crippen MR) is 105 cm³/mol. The summed E-state index contributed by atoms with van der Waals surface area (Å²) in [5.41, 5.74) is 4.60. The van der Waals surface area contributed by atoms with Gasteiger partial charge in [0.05, 0.1) is 11.4 Å².